The first-order chi connectivity index (χ1) is 8.15. The SMILES string of the molecule is C=C(Br)CN1CCN(c2cc(C)ncn2)CC1. The molecule has 4 nitrogen and oxygen atoms in total. The lowest BCUT2D eigenvalue weighted by Crippen LogP contribution is -2.47. The molecular formula is C12H17BrN4. The van der Waals surface area contributed by atoms with Crippen LogP contribution in [0.25, 0.3) is 0 Å². The molecule has 0 spiro atoms. The van der Waals surface area contributed by atoms with E-state index in [0.29, 0.717) is 0 Å². The zero-order chi connectivity index (χ0) is 12.3. The van der Waals surface area contributed by atoms with Crippen LogP contribution in [0.15, 0.2) is 23.5 Å². The highest BCUT2D eigenvalue weighted by molar-refractivity contribution is 9.11. The fraction of sp³-hybridized carbons (Fsp3) is 0.500. The molecule has 0 saturated carbocycles. The Morgan fingerprint density at radius 3 is 2.65 bits per heavy atom. The van der Waals surface area contributed by atoms with Gasteiger partial charge >= 0.3 is 0 Å². The van der Waals surface area contributed by atoms with E-state index in [2.05, 4.69) is 42.3 Å². The number of aryl methyl sites for hydroxylation is 1. The van der Waals surface area contributed by atoms with Gasteiger partial charge in [0.05, 0.1) is 0 Å². The third kappa shape index (κ3) is 3.51. The Labute approximate surface area is 110 Å². The molecule has 0 unspecified atom stereocenters. The van der Waals surface area contributed by atoms with E-state index in [4.69, 9.17) is 0 Å². The van der Waals surface area contributed by atoms with E-state index in [1.807, 2.05) is 13.0 Å². The van der Waals surface area contributed by atoms with Gasteiger partial charge in [-0.2, -0.15) is 0 Å². The molecule has 1 fully saturated rings. The minimum absolute atomic E-state index is 0.927. The first-order valence-corrected chi connectivity index (χ1v) is 6.53. The highest BCUT2D eigenvalue weighted by Gasteiger charge is 2.17. The summed E-state index contributed by atoms with van der Waals surface area (Å²) < 4.78 is 1.05. The number of aromatic nitrogens is 2. The van der Waals surface area contributed by atoms with Crippen LogP contribution in [0.2, 0.25) is 0 Å². The summed E-state index contributed by atoms with van der Waals surface area (Å²) in [7, 11) is 0. The zero-order valence-electron chi connectivity index (χ0n) is 10.1. The van der Waals surface area contributed by atoms with Gasteiger partial charge in [-0.25, -0.2) is 9.97 Å². The quantitative estimate of drug-likeness (QED) is 0.852. The van der Waals surface area contributed by atoms with Crippen molar-refractivity contribution in [3.63, 3.8) is 0 Å². The summed E-state index contributed by atoms with van der Waals surface area (Å²) in [4.78, 5) is 13.1. The molecule has 1 aromatic rings. The predicted molar refractivity (Wildman–Crippen MR) is 73.5 cm³/mol. The summed E-state index contributed by atoms with van der Waals surface area (Å²) >= 11 is 3.41. The second kappa shape index (κ2) is 5.60. The highest BCUT2D eigenvalue weighted by atomic mass is 79.9. The predicted octanol–water partition coefficient (Wildman–Crippen LogP) is 1.82. The molecule has 1 aromatic heterocycles. The number of hydrogen-bond donors (Lipinski definition) is 0. The fourth-order valence-electron chi connectivity index (χ4n) is 1.99. The summed E-state index contributed by atoms with van der Waals surface area (Å²) in [6.45, 7) is 10.9. The molecule has 0 atom stereocenters. The van der Waals surface area contributed by atoms with Gasteiger partial charge in [0, 0.05) is 49.0 Å². The molecule has 1 aliphatic heterocycles. The second-order valence-electron chi connectivity index (χ2n) is 4.30. The third-order valence-corrected chi connectivity index (χ3v) is 3.13. The van der Waals surface area contributed by atoms with Crippen molar-refractivity contribution in [2.75, 3.05) is 37.6 Å². The average Bonchev–Trinajstić information content (AvgIpc) is 2.29. The molecular weight excluding hydrogens is 280 g/mol. The lowest BCUT2D eigenvalue weighted by atomic mass is 10.3. The highest BCUT2D eigenvalue weighted by Crippen LogP contribution is 2.14. The molecule has 2 heterocycles. The smallest absolute Gasteiger partial charge is 0.132 e. The Morgan fingerprint density at radius 2 is 2.06 bits per heavy atom. The van der Waals surface area contributed by atoms with Gasteiger partial charge in [-0.05, 0) is 6.92 Å². The molecule has 0 amide bonds. The van der Waals surface area contributed by atoms with E-state index in [0.717, 1.165) is 48.7 Å². The normalized spacial score (nSPS) is 17.2. The summed E-state index contributed by atoms with van der Waals surface area (Å²) in [5, 5.41) is 0. The first kappa shape index (κ1) is 12.5. The van der Waals surface area contributed by atoms with Crippen LogP contribution in [0, 0.1) is 6.92 Å². The molecule has 1 aliphatic rings. The fourth-order valence-corrected chi connectivity index (χ4v) is 2.35. The maximum absolute atomic E-state index is 4.32. The van der Waals surface area contributed by atoms with Gasteiger partial charge in [0.1, 0.15) is 12.1 Å². The standard InChI is InChI=1S/C12H17BrN4/c1-10(13)8-16-3-5-17(6-4-16)12-7-11(2)14-9-15-12/h7,9H,1,3-6,8H2,2H3. The Balaban J connectivity index is 1.93. The molecule has 0 aromatic carbocycles. The Bertz CT molecular complexity index is 399. The van der Waals surface area contributed by atoms with Crippen LogP contribution in [0.5, 0.6) is 0 Å². The van der Waals surface area contributed by atoms with Crippen LogP contribution in [-0.2, 0) is 0 Å². The van der Waals surface area contributed by atoms with Crippen LogP contribution in [0.1, 0.15) is 5.69 Å². The number of halogens is 1. The van der Waals surface area contributed by atoms with Gasteiger partial charge < -0.3 is 4.90 Å². The molecule has 0 aliphatic carbocycles. The van der Waals surface area contributed by atoms with Gasteiger partial charge in [-0.15, -0.1) is 0 Å². The summed E-state index contributed by atoms with van der Waals surface area (Å²) in [5.41, 5.74) is 1.02. The largest absolute Gasteiger partial charge is 0.354 e. The summed E-state index contributed by atoms with van der Waals surface area (Å²) in [6.07, 6.45) is 1.64. The van der Waals surface area contributed by atoms with E-state index in [1.54, 1.807) is 6.33 Å². The van der Waals surface area contributed by atoms with Gasteiger partial charge in [0.25, 0.3) is 0 Å². The number of nitrogens with zero attached hydrogens (tertiary/aromatic N) is 4. The molecule has 92 valence electrons. The van der Waals surface area contributed by atoms with Crippen molar-refractivity contribution in [3.05, 3.63) is 29.1 Å². The van der Waals surface area contributed by atoms with Crippen molar-refractivity contribution in [2.45, 2.75) is 6.92 Å². The Hall–Kier alpha value is -0.940. The minimum atomic E-state index is 0.927. The third-order valence-electron chi connectivity index (χ3n) is 2.88. The van der Waals surface area contributed by atoms with Crippen molar-refractivity contribution in [1.82, 2.24) is 14.9 Å². The van der Waals surface area contributed by atoms with Crippen LogP contribution < -0.4 is 4.90 Å². The molecule has 17 heavy (non-hydrogen) atoms. The van der Waals surface area contributed by atoms with E-state index in [1.165, 1.54) is 0 Å². The number of rotatable bonds is 3. The van der Waals surface area contributed by atoms with E-state index in [9.17, 15) is 0 Å². The van der Waals surface area contributed by atoms with E-state index in [-0.39, 0.29) is 0 Å². The van der Waals surface area contributed by atoms with Gasteiger partial charge in [0.2, 0.25) is 0 Å². The van der Waals surface area contributed by atoms with Crippen LogP contribution in [0.4, 0.5) is 5.82 Å². The van der Waals surface area contributed by atoms with Crippen LogP contribution in [-0.4, -0.2) is 47.6 Å². The zero-order valence-corrected chi connectivity index (χ0v) is 11.7. The van der Waals surface area contributed by atoms with Crippen molar-refractivity contribution < 1.29 is 0 Å². The average molecular weight is 297 g/mol. The van der Waals surface area contributed by atoms with Crippen molar-refractivity contribution in [2.24, 2.45) is 0 Å². The minimum Gasteiger partial charge on any atom is -0.354 e. The monoisotopic (exact) mass is 296 g/mol. The Kier molecular flexibility index (Phi) is 4.12. The van der Waals surface area contributed by atoms with Gasteiger partial charge in [-0.1, -0.05) is 22.5 Å². The van der Waals surface area contributed by atoms with E-state index < -0.39 is 0 Å². The Morgan fingerprint density at radius 1 is 1.35 bits per heavy atom. The number of piperazine rings is 1. The molecule has 5 heteroatoms. The summed E-state index contributed by atoms with van der Waals surface area (Å²) in [6, 6.07) is 2.04. The van der Waals surface area contributed by atoms with Crippen LogP contribution >= 0.6 is 15.9 Å². The van der Waals surface area contributed by atoms with Crippen LogP contribution in [0.3, 0.4) is 0 Å². The molecule has 0 bridgehead atoms. The van der Waals surface area contributed by atoms with E-state index >= 15 is 0 Å². The lowest BCUT2D eigenvalue weighted by Gasteiger charge is -2.35. The number of hydrogen-bond acceptors (Lipinski definition) is 4. The summed E-state index contributed by atoms with van der Waals surface area (Å²) in [5.74, 6) is 1.04. The number of anilines is 1. The molecule has 0 N–H and O–H groups in total. The van der Waals surface area contributed by atoms with Crippen molar-refractivity contribution in [1.29, 1.82) is 0 Å². The second-order valence-corrected chi connectivity index (χ2v) is 5.42. The maximum Gasteiger partial charge on any atom is 0.132 e. The van der Waals surface area contributed by atoms with Crippen molar-refractivity contribution >= 4 is 21.7 Å². The van der Waals surface area contributed by atoms with Gasteiger partial charge in [0.15, 0.2) is 0 Å². The van der Waals surface area contributed by atoms with Gasteiger partial charge in [-0.3, -0.25) is 4.90 Å². The lowest BCUT2D eigenvalue weighted by molar-refractivity contribution is 0.282. The van der Waals surface area contributed by atoms with Crippen molar-refractivity contribution in [3.8, 4) is 0 Å². The molecule has 2 rings (SSSR count). The topological polar surface area (TPSA) is 32.3 Å². The first-order valence-electron chi connectivity index (χ1n) is 5.74. The molecule has 0 radical (unpaired) electrons. The maximum atomic E-state index is 4.32. The molecule has 1 saturated heterocycles.